The van der Waals surface area contributed by atoms with Crippen molar-refractivity contribution in [3.63, 3.8) is 0 Å². The van der Waals surface area contributed by atoms with Crippen LogP contribution in [0.2, 0.25) is 25.7 Å². The molecule has 1 N–H and O–H groups in total. The molecule has 1 aromatic carbocycles. The first-order chi connectivity index (χ1) is 14.2. The van der Waals surface area contributed by atoms with Gasteiger partial charge in [0.05, 0.1) is 5.69 Å². The molecule has 4 rings (SSSR count). The van der Waals surface area contributed by atoms with E-state index in [1.165, 1.54) is 12.1 Å². The van der Waals surface area contributed by atoms with Crippen molar-refractivity contribution in [2.45, 2.75) is 38.8 Å². The Hall–Kier alpha value is -1.78. The summed E-state index contributed by atoms with van der Waals surface area (Å²) in [6.07, 6.45) is 6.80. The standard InChI is InChI=1S/C22H25FIN3O2Si/c1-30(2,3)9-8-29-13-27-20-11-14(4-6-16(20)21(24)26-27)10-18-17-12-15(23)5-7-19(17)25-22(18)28/h4-7,10,12,14H,8-9,11,13H2,1-3H3,(H,25,28)/b18-10+. The quantitative estimate of drug-likeness (QED) is 0.240. The summed E-state index contributed by atoms with van der Waals surface area (Å²) in [6.45, 7) is 8.18. The van der Waals surface area contributed by atoms with Gasteiger partial charge in [0.15, 0.2) is 0 Å². The van der Waals surface area contributed by atoms with Crippen molar-refractivity contribution in [1.29, 1.82) is 0 Å². The van der Waals surface area contributed by atoms with Crippen LogP contribution < -0.4 is 5.32 Å². The third-order valence-corrected chi connectivity index (χ3v) is 7.85. The number of nitrogens with zero attached hydrogens (tertiary/aromatic N) is 2. The van der Waals surface area contributed by atoms with Crippen LogP contribution in [0, 0.1) is 15.4 Å². The summed E-state index contributed by atoms with van der Waals surface area (Å²) in [5.74, 6) is -0.506. The Morgan fingerprint density at radius 2 is 2.20 bits per heavy atom. The highest BCUT2D eigenvalue weighted by Gasteiger charge is 2.27. The van der Waals surface area contributed by atoms with E-state index < -0.39 is 8.07 Å². The van der Waals surface area contributed by atoms with Gasteiger partial charge in [-0.3, -0.25) is 4.79 Å². The number of carbonyl (C=O) groups is 1. The number of ether oxygens (including phenoxy) is 1. The lowest BCUT2D eigenvalue weighted by atomic mass is 9.91. The highest BCUT2D eigenvalue weighted by atomic mass is 127. The fourth-order valence-electron chi connectivity index (χ4n) is 3.66. The normalized spacial score (nSPS) is 19.2. The van der Waals surface area contributed by atoms with Crippen LogP contribution in [0.1, 0.15) is 16.8 Å². The van der Waals surface area contributed by atoms with Gasteiger partial charge < -0.3 is 10.1 Å². The van der Waals surface area contributed by atoms with E-state index in [9.17, 15) is 9.18 Å². The van der Waals surface area contributed by atoms with Crippen LogP contribution in [0.3, 0.4) is 0 Å². The van der Waals surface area contributed by atoms with Crippen LogP contribution in [0.5, 0.6) is 0 Å². The molecule has 1 aromatic heterocycles. The maximum absolute atomic E-state index is 13.7. The van der Waals surface area contributed by atoms with Gasteiger partial charge in [0, 0.05) is 43.0 Å². The highest BCUT2D eigenvalue weighted by Crippen LogP contribution is 2.35. The summed E-state index contributed by atoms with van der Waals surface area (Å²) in [6, 6.07) is 5.49. The first-order valence-electron chi connectivity index (χ1n) is 10.1. The Morgan fingerprint density at radius 1 is 1.40 bits per heavy atom. The van der Waals surface area contributed by atoms with Gasteiger partial charge >= 0.3 is 0 Å². The van der Waals surface area contributed by atoms with Gasteiger partial charge in [0.1, 0.15) is 16.2 Å². The van der Waals surface area contributed by atoms with E-state index in [0.29, 0.717) is 23.6 Å². The molecule has 158 valence electrons. The second-order valence-electron chi connectivity index (χ2n) is 8.95. The molecule has 1 amide bonds. The number of amides is 1. The zero-order valence-electron chi connectivity index (χ0n) is 17.3. The molecule has 1 aliphatic carbocycles. The number of nitrogens with one attached hydrogen (secondary N) is 1. The van der Waals surface area contributed by atoms with Crippen molar-refractivity contribution < 1.29 is 13.9 Å². The van der Waals surface area contributed by atoms with Crippen LogP contribution >= 0.6 is 22.6 Å². The SMILES string of the molecule is C[Si](C)(C)CCOCn1nc(I)c2c1CC(/C=C1/C(=O)Nc3ccc(F)cc31)C=C2. The summed E-state index contributed by atoms with van der Waals surface area (Å²) in [5.41, 5.74) is 4.02. The van der Waals surface area contributed by atoms with Crippen LogP contribution in [0.4, 0.5) is 10.1 Å². The Balaban J connectivity index is 1.52. The van der Waals surface area contributed by atoms with E-state index in [4.69, 9.17) is 4.74 Å². The molecule has 2 aliphatic rings. The number of aromatic nitrogens is 2. The molecule has 1 atom stereocenters. The smallest absolute Gasteiger partial charge is 0.256 e. The number of benzene rings is 1. The van der Waals surface area contributed by atoms with Crippen molar-refractivity contribution >= 4 is 53.9 Å². The number of hydrogen-bond acceptors (Lipinski definition) is 3. The summed E-state index contributed by atoms with van der Waals surface area (Å²) in [4.78, 5) is 12.4. The van der Waals surface area contributed by atoms with Crippen molar-refractivity contribution in [3.05, 3.63) is 56.7 Å². The van der Waals surface area contributed by atoms with Crippen LogP contribution in [-0.4, -0.2) is 30.4 Å². The predicted octanol–water partition coefficient (Wildman–Crippen LogP) is 5.16. The third-order valence-electron chi connectivity index (χ3n) is 5.35. The lowest BCUT2D eigenvalue weighted by molar-refractivity contribution is -0.110. The maximum Gasteiger partial charge on any atom is 0.256 e. The number of carbonyl (C=O) groups excluding carboxylic acids is 1. The Kier molecular flexibility index (Phi) is 6.00. The van der Waals surface area contributed by atoms with E-state index >= 15 is 0 Å². The molecule has 5 nitrogen and oxygen atoms in total. The van der Waals surface area contributed by atoms with Crippen LogP contribution in [0.15, 0.2) is 30.4 Å². The fraction of sp³-hybridized carbons (Fsp3) is 0.364. The van der Waals surface area contributed by atoms with Crippen LogP contribution in [-0.2, 0) is 22.7 Å². The lowest BCUT2D eigenvalue weighted by Gasteiger charge is -2.18. The molecule has 30 heavy (non-hydrogen) atoms. The van der Waals surface area contributed by atoms with E-state index in [0.717, 1.165) is 34.0 Å². The van der Waals surface area contributed by atoms with E-state index in [1.54, 1.807) is 6.07 Å². The average Bonchev–Trinajstić information content (AvgIpc) is 3.15. The number of halogens is 2. The molecular weight excluding hydrogens is 512 g/mol. The van der Waals surface area contributed by atoms with Gasteiger partial charge in [0.25, 0.3) is 5.91 Å². The molecule has 0 saturated heterocycles. The van der Waals surface area contributed by atoms with Crippen molar-refractivity contribution in [3.8, 4) is 0 Å². The minimum atomic E-state index is -1.13. The number of fused-ring (bicyclic) bond motifs is 2. The zero-order valence-corrected chi connectivity index (χ0v) is 20.5. The molecule has 2 heterocycles. The summed E-state index contributed by atoms with van der Waals surface area (Å²) in [5, 5.41) is 7.46. The van der Waals surface area contributed by atoms with E-state index in [1.807, 2.05) is 10.8 Å². The largest absolute Gasteiger partial charge is 0.360 e. The minimum absolute atomic E-state index is 0.0284. The summed E-state index contributed by atoms with van der Waals surface area (Å²) >= 11 is 2.25. The molecule has 0 bridgehead atoms. The number of allylic oxidation sites excluding steroid dienone is 2. The first-order valence-corrected chi connectivity index (χ1v) is 14.8. The Bertz CT molecular complexity index is 1060. The van der Waals surface area contributed by atoms with E-state index in [2.05, 4.69) is 64.8 Å². The van der Waals surface area contributed by atoms with Gasteiger partial charge in [-0.25, -0.2) is 9.07 Å². The van der Waals surface area contributed by atoms with Crippen molar-refractivity contribution in [2.75, 3.05) is 11.9 Å². The minimum Gasteiger partial charge on any atom is -0.360 e. The number of hydrogen-bond donors (Lipinski definition) is 1. The van der Waals surface area contributed by atoms with Gasteiger partial charge in [0.2, 0.25) is 0 Å². The maximum atomic E-state index is 13.7. The average molecular weight is 537 g/mol. The summed E-state index contributed by atoms with van der Waals surface area (Å²) in [7, 11) is -1.13. The highest BCUT2D eigenvalue weighted by molar-refractivity contribution is 14.1. The monoisotopic (exact) mass is 537 g/mol. The van der Waals surface area contributed by atoms with Gasteiger partial charge in [-0.15, -0.1) is 0 Å². The third kappa shape index (κ3) is 4.60. The zero-order chi connectivity index (χ0) is 21.5. The number of anilines is 1. The van der Waals surface area contributed by atoms with E-state index in [-0.39, 0.29) is 17.6 Å². The number of rotatable bonds is 6. The molecule has 1 aliphatic heterocycles. The molecule has 0 spiro atoms. The lowest BCUT2D eigenvalue weighted by Crippen LogP contribution is -2.22. The van der Waals surface area contributed by atoms with Gasteiger partial charge in [-0.2, -0.15) is 5.10 Å². The molecule has 0 fully saturated rings. The molecule has 1 unspecified atom stereocenters. The summed E-state index contributed by atoms with van der Waals surface area (Å²) < 4.78 is 22.5. The second kappa shape index (κ2) is 8.39. The molecular formula is C22H25FIN3O2Si. The molecule has 8 heteroatoms. The molecule has 2 aromatic rings. The van der Waals surface area contributed by atoms with Crippen molar-refractivity contribution in [1.82, 2.24) is 9.78 Å². The van der Waals surface area contributed by atoms with Gasteiger partial charge in [-0.1, -0.05) is 37.9 Å². The van der Waals surface area contributed by atoms with Gasteiger partial charge in [-0.05, 0) is 53.3 Å². The topological polar surface area (TPSA) is 56.2 Å². The molecule has 0 radical (unpaired) electrons. The Labute approximate surface area is 190 Å². The second-order valence-corrected chi connectivity index (χ2v) is 15.6. The molecule has 0 saturated carbocycles. The predicted molar refractivity (Wildman–Crippen MR) is 128 cm³/mol. The fourth-order valence-corrected chi connectivity index (χ4v) is 5.17. The van der Waals surface area contributed by atoms with Crippen molar-refractivity contribution in [2.24, 2.45) is 5.92 Å². The first kappa shape index (κ1) is 21.4. The Morgan fingerprint density at radius 3 is 2.97 bits per heavy atom. The van der Waals surface area contributed by atoms with Crippen LogP contribution in [0.25, 0.3) is 11.6 Å².